The van der Waals surface area contributed by atoms with E-state index in [4.69, 9.17) is 4.98 Å². The molecule has 218 valence electrons. The normalized spacial score (nSPS) is 15.7. The molecule has 11 rings (SSSR count). The molecule has 7 aromatic carbocycles. The van der Waals surface area contributed by atoms with Crippen LogP contribution in [0.5, 0.6) is 0 Å². The van der Waals surface area contributed by atoms with Crippen molar-refractivity contribution in [1.29, 1.82) is 0 Å². The molecule has 3 heterocycles. The molecule has 0 amide bonds. The SMILES string of the molecule is c1ccc(-c2nc3cccc4c3n2-c2ccccc2C42c3ccccc3-c3ccc(-c4cccc5c4sc4ccccc45)cc32)cc1. The van der Waals surface area contributed by atoms with E-state index in [0.717, 1.165) is 16.9 Å². The smallest absolute Gasteiger partial charge is 0.145 e. The molecule has 1 aliphatic carbocycles. The Labute approximate surface area is 275 Å². The van der Waals surface area contributed by atoms with Crippen LogP contribution in [0, 0.1) is 0 Å². The fourth-order valence-corrected chi connectivity index (χ4v) is 9.82. The minimum atomic E-state index is -0.490. The van der Waals surface area contributed by atoms with Gasteiger partial charge in [0.15, 0.2) is 0 Å². The van der Waals surface area contributed by atoms with Crippen molar-refractivity contribution < 1.29 is 0 Å². The number of thiophene rings is 1. The summed E-state index contributed by atoms with van der Waals surface area (Å²) in [6.07, 6.45) is 0. The number of rotatable bonds is 2. The Bertz CT molecular complexity index is 2750. The van der Waals surface area contributed by atoms with Crippen LogP contribution in [0.1, 0.15) is 22.3 Å². The van der Waals surface area contributed by atoms with Crippen LogP contribution in [0.25, 0.3) is 70.5 Å². The van der Waals surface area contributed by atoms with E-state index in [9.17, 15) is 0 Å². The third-order valence-corrected chi connectivity index (χ3v) is 11.6. The van der Waals surface area contributed by atoms with Gasteiger partial charge in [0.25, 0.3) is 0 Å². The van der Waals surface area contributed by atoms with Crippen molar-refractivity contribution in [2.75, 3.05) is 0 Å². The van der Waals surface area contributed by atoms with E-state index in [1.54, 1.807) is 0 Å². The van der Waals surface area contributed by atoms with Crippen LogP contribution < -0.4 is 0 Å². The number of nitrogens with zero attached hydrogens (tertiary/aromatic N) is 2. The van der Waals surface area contributed by atoms with Gasteiger partial charge in [-0.2, -0.15) is 0 Å². The van der Waals surface area contributed by atoms with Crippen LogP contribution in [-0.2, 0) is 5.41 Å². The lowest BCUT2D eigenvalue weighted by molar-refractivity contribution is 0.746. The Hall–Kier alpha value is -5.77. The molecule has 9 aromatic rings. The zero-order valence-corrected chi connectivity index (χ0v) is 26.1. The van der Waals surface area contributed by atoms with Gasteiger partial charge in [-0.05, 0) is 68.8 Å². The summed E-state index contributed by atoms with van der Waals surface area (Å²) in [5.74, 6) is 0.979. The van der Waals surface area contributed by atoms with Crippen LogP contribution in [0.15, 0.2) is 158 Å². The molecule has 1 unspecified atom stereocenters. The lowest BCUT2D eigenvalue weighted by atomic mass is 9.65. The molecule has 1 atom stereocenters. The maximum absolute atomic E-state index is 5.30. The van der Waals surface area contributed by atoms with Gasteiger partial charge in [-0.15, -0.1) is 11.3 Å². The lowest BCUT2D eigenvalue weighted by Gasteiger charge is -2.39. The minimum Gasteiger partial charge on any atom is -0.292 e. The molecule has 0 fully saturated rings. The van der Waals surface area contributed by atoms with Gasteiger partial charge in [-0.25, -0.2) is 4.98 Å². The molecule has 1 aliphatic heterocycles. The summed E-state index contributed by atoms with van der Waals surface area (Å²) in [5.41, 5.74) is 14.4. The fraction of sp³-hybridized carbons (Fsp3) is 0.0227. The third kappa shape index (κ3) is 3.17. The molecular formula is C44H26N2S. The molecule has 1 spiro atoms. The highest BCUT2D eigenvalue weighted by Crippen LogP contribution is 2.61. The summed E-state index contributed by atoms with van der Waals surface area (Å²) >= 11 is 1.89. The largest absolute Gasteiger partial charge is 0.292 e. The number of para-hydroxylation sites is 2. The molecule has 0 saturated carbocycles. The highest BCUT2D eigenvalue weighted by molar-refractivity contribution is 7.26. The van der Waals surface area contributed by atoms with Crippen LogP contribution in [0.2, 0.25) is 0 Å². The van der Waals surface area contributed by atoms with Crippen molar-refractivity contribution in [2.45, 2.75) is 5.41 Å². The first-order chi connectivity index (χ1) is 23.3. The van der Waals surface area contributed by atoms with Crippen LogP contribution >= 0.6 is 11.3 Å². The van der Waals surface area contributed by atoms with E-state index in [0.29, 0.717) is 0 Å². The summed E-state index contributed by atoms with van der Waals surface area (Å²) < 4.78 is 5.08. The lowest BCUT2D eigenvalue weighted by Crippen LogP contribution is -2.33. The molecule has 2 nitrogen and oxygen atoms in total. The van der Waals surface area contributed by atoms with Crippen LogP contribution in [0.3, 0.4) is 0 Å². The van der Waals surface area contributed by atoms with Crippen molar-refractivity contribution in [3.63, 3.8) is 0 Å². The minimum absolute atomic E-state index is 0.490. The second-order valence-electron chi connectivity index (χ2n) is 12.7. The van der Waals surface area contributed by atoms with E-state index in [1.165, 1.54) is 75.9 Å². The van der Waals surface area contributed by atoms with E-state index in [2.05, 4.69) is 162 Å². The number of benzene rings is 7. The van der Waals surface area contributed by atoms with Crippen molar-refractivity contribution >= 4 is 42.5 Å². The summed E-state index contributed by atoms with van der Waals surface area (Å²) in [6, 6.07) is 58.1. The van der Waals surface area contributed by atoms with Crippen LogP contribution in [0.4, 0.5) is 0 Å². The van der Waals surface area contributed by atoms with Crippen LogP contribution in [-0.4, -0.2) is 9.55 Å². The van der Waals surface area contributed by atoms with Crippen molar-refractivity contribution in [3.8, 4) is 39.3 Å². The van der Waals surface area contributed by atoms with E-state index >= 15 is 0 Å². The van der Waals surface area contributed by atoms with Gasteiger partial charge in [-0.1, -0.05) is 133 Å². The number of hydrogen-bond acceptors (Lipinski definition) is 2. The predicted octanol–water partition coefficient (Wildman–Crippen LogP) is 11.4. The molecule has 0 N–H and O–H groups in total. The fourth-order valence-electron chi connectivity index (χ4n) is 8.58. The number of fused-ring (bicyclic) bond motifs is 12. The average molecular weight is 615 g/mol. The van der Waals surface area contributed by atoms with Gasteiger partial charge < -0.3 is 0 Å². The molecule has 47 heavy (non-hydrogen) atoms. The quantitative estimate of drug-likeness (QED) is 0.189. The predicted molar refractivity (Wildman–Crippen MR) is 196 cm³/mol. The van der Waals surface area contributed by atoms with Gasteiger partial charge >= 0.3 is 0 Å². The van der Waals surface area contributed by atoms with Gasteiger partial charge in [0.05, 0.1) is 22.1 Å². The highest BCUT2D eigenvalue weighted by atomic mass is 32.1. The molecule has 0 saturated heterocycles. The topological polar surface area (TPSA) is 17.8 Å². The Balaban J connectivity index is 1.27. The van der Waals surface area contributed by atoms with Gasteiger partial charge in [-0.3, -0.25) is 4.57 Å². The zero-order valence-electron chi connectivity index (χ0n) is 25.3. The molecular weight excluding hydrogens is 589 g/mol. The maximum Gasteiger partial charge on any atom is 0.145 e. The maximum atomic E-state index is 5.30. The van der Waals surface area contributed by atoms with Crippen molar-refractivity contribution in [1.82, 2.24) is 9.55 Å². The van der Waals surface area contributed by atoms with E-state index in [1.807, 2.05) is 11.3 Å². The molecule has 2 aromatic heterocycles. The van der Waals surface area contributed by atoms with Gasteiger partial charge in [0.2, 0.25) is 0 Å². The van der Waals surface area contributed by atoms with Crippen molar-refractivity contribution in [2.24, 2.45) is 0 Å². The average Bonchev–Trinajstić information content (AvgIpc) is 3.80. The molecule has 3 heteroatoms. The summed E-state index contributed by atoms with van der Waals surface area (Å²) in [4.78, 5) is 5.30. The van der Waals surface area contributed by atoms with E-state index < -0.39 is 5.41 Å². The zero-order chi connectivity index (χ0) is 30.7. The summed E-state index contributed by atoms with van der Waals surface area (Å²) in [5, 5.41) is 2.65. The first-order valence-corrected chi connectivity index (χ1v) is 17.0. The number of imidazole rings is 1. The second kappa shape index (κ2) is 9.16. The number of aromatic nitrogens is 2. The third-order valence-electron chi connectivity index (χ3n) is 10.4. The first-order valence-electron chi connectivity index (χ1n) is 16.1. The molecule has 0 bridgehead atoms. The van der Waals surface area contributed by atoms with Gasteiger partial charge in [0, 0.05) is 25.7 Å². The molecule has 2 aliphatic rings. The Morgan fingerprint density at radius 1 is 0.489 bits per heavy atom. The monoisotopic (exact) mass is 614 g/mol. The highest BCUT2D eigenvalue weighted by Gasteiger charge is 2.51. The van der Waals surface area contributed by atoms with Gasteiger partial charge in [0.1, 0.15) is 5.82 Å². The van der Waals surface area contributed by atoms with E-state index in [-0.39, 0.29) is 0 Å². The standard InChI is InChI=1S/C44H26N2S/c1-2-12-27(13-3-1)43-45-38-21-11-20-36-41(38)46(43)39-22-8-7-19-35(39)44(36)34-18-6-4-14-30(34)31-25-24-28(26-37(31)44)29-16-10-17-33-32-15-5-9-23-40(32)47-42(29)33/h1-26H. The van der Waals surface area contributed by atoms with Crippen molar-refractivity contribution in [3.05, 3.63) is 180 Å². The second-order valence-corrected chi connectivity index (χ2v) is 13.7. The Morgan fingerprint density at radius 2 is 1.19 bits per heavy atom. The summed E-state index contributed by atoms with van der Waals surface area (Å²) in [6.45, 7) is 0. The number of hydrogen-bond donors (Lipinski definition) is 0. The Morgan fingerprint density at radius 3 is 2.13 bits per heavy atom. The first kappa shape index (κ1) is 25.4. The molecule has 0 radical (unpaired) electrons. The summed E-state index contributed by atoms with van der Waals surface area (Å²) in [7, 11) is 0. The Kier molecular flexibility index (Phi) is 4.95.